The first kappa shape index (κ1) is 14.2. The second kappa shape index (κ2) is 6.37. The van der Waals surface area contributed by atoms with Crippen molar-refractivity contribution in [3.8, 4) is 0 Å². The summed E-state index contributed by atoms with van der Waals surface area (Å²) in [4.78, 5) is 28.0. The number of carbonyl (C=O) groups is 2. The molecule has 0 radical (unpaired) electrons. The van der Waals surface area contributed by atoms with Gasteiger partial charge in [0, 0.05) is 12.6 Å². The molecule has 0 atom stereocenters. The smallest absolute Gasteiger partial charge is 0.242 e. The third-order valence-corrected chi connectivity index (χ3v) is 5.58. The van der Waals surface area contributed by atoms with E-state index in [1.807, 2.05) is 0 Å². The molecule has 1 aliphatic heterocycles. The first-order valence-corrected chi connectivity index (χ1v) is 9.04. The van der Waals surface area contributed by atoms with Gasteiger partial charge in [-0.2, -0.15) is 0 Å². The molecule has 0 aromatic carbocycles. The fraction of sp³-hybridized carbons (Fsp3) is 0.867. The van der Waals surface area contributed by atoms with Crippen LogP contribution in [0.2, 0.25) is 0 Å². The van der Waals surface area contributed by atoms with Gasteiger partial charge in [0.15, 0.2) is 0 Å². The van der Waals surface area contributed by atoms with Crippen molar-refractivity contribution in [3.05, 3.63) is 0 Å². The van der Waals surface area contributed by atoms with Gasteiger partial charge in [-0.3, -0.25) is 9.59 Å². The Kier molecular flexibility index (Phi) is 4.54. The number of rotatable bonds is 5. The van der Waals surface area contributed by atoms with E-state index >= 15 is 0 Å². The quantitative estimate of drug-likeness (QED) is 0.780. The highest BCUT2D eigenvalue weighted by atomic mass is 32.2. The Morgan fingerprint density at radius 2 is 1.95 bits per heavy atom. The van der Waals surface area contributed by atoms with Crippen molar-refractivity contribution in [3.63, 3.8) is 0 Å². The predicted molar refractivity (Wildman–Crippen MR) is 80.3 cm³/mol. The normalized spacial score (nSPS) is 24.2. The molecule has 2 aliphatic carbocycles. The van der Waals surface area contributed by atoms with Gasteiger partial charge in [-0.25, -0.2) is 0 Å². The maximum Gasteiger partial charge on any atom is 0.242 e. The van der Waals surface area contributed by atoms with Gasteiger partial charge in [0.2, 0.25) is 11.8 Å². The molecule has 1 heterocycles. The molecule has 112 valence electrons. The SMILES string of the molecule is O=C1CSCN1CC(=O)N(CC1CCCCC1)C1CC1. The minimum absolute atomic E-state index is 0.122. The minimum Gasteiger partial charge on any atom is -0.338 e. The number of hydrogen-bond donors (Lipinski definition) is 0. The Hall–Kier alpha value is -0.710. The molecule has 3 rings (SSSR count). The van der Waals surface area contributed by atoms with E-state index in [1.165, 1.54) is 32.1 Å². The highest BCUT2D eigenvalue weighted by molar-refractivity contribution is 8.00. The van der Waals surface area contributed by atoms with Crippen molar-refractivity contribution in [1.29, 1.82) is 0 Å². The number of hydrogen-bond acceptors (Lipinski definition) is 3. The number of amides is 2. The van der Waals surface area contributed by atoms with E-state index in [-0.39, 0.29) is 11.8 Å². The molecule has 5 heteroatoms. The number of nitrogens with zero attached hydrogens (tertiary/aromatic N) is 2. The third-order valence-electron chi connectivity index (χ3n) is 4.64. The van der Waals surface area contributed by atoms with Crippen molar-refractivity contribution in [2.24, 2.45) is 5.92 Å². The molecule has 3 aliphatic rings. The van der Waals surface area contributed by atoms with Gasteiger partial charge in [-0.05, 0) is 31.6 Å². The Bertz CT molecular complexity index is 378. The van der Waals surface area contributed by atoms with E-state index in [2.05, 4.69) is 4.90 Å². The maximum atomic E-state index is 12.5. The molecule has 3 fully saturated rings. The summed E-state index contributed by atoms with van der Waals surface area (Å²) in [5.74, 6) is 2.22. The van der Waals surface area contributed by atoms with Crippen LogP contribution in [0.4, 0.5) is 0 Å². The zero-order valence-electron chi connectivity index (χ0n) is 12.1. The van der Waals surface area contributed by atoms with Crippen LogP contribution in [0, 0.1) is 5.92 Å². The van der Waals surface area contributed by atoms with E-state index in [0.717, 1.165) is 19.4 Å². The summed E-state index contributed by atoms with van der Waals surface area (Å²) in [7, 11) is 0. The predicted octanol–water partition coefficient (Wildman–Crippen LogP) is 2.09. The van der Waals surface area contributed by atoms with Crippen molar-refractivity contribution in [2.45, 2.75) is 51.0 Å². The first-order chi connectivity index (χ1) is 9.74. The summed E-state index contributed by atoms with van der Waals surface area (Å²) in [5.41, 5.74) is 0. The monoisotopic (exact) mass is 296 g/mol. The molecule has 0 aromatic rings. The molecule has 0 unspecified atom stereocenters. The second-order valence-corrected chi connectivity index (χ2v) is 7.31. The van der Waals surface area contributed by atoms with Crippen LogP contribution in [0.25, 0.3) is 0 Å². The molecular formula is C15H24N2O2S. The summed E-state index contributed by atoms with van der Waals surface area (Å²) < 4.78 is 0. The van der Waals surface area contributed by atoms with Crippen molar-refractivity contribution < 1.29 is 9.59 Å². The number of carbonyl (C=O) groups excluding carboxylic acids is 2. The highest BCUT2D eigenvalue weighted by Gasteiger charge is 2.35. The second-order valence-electron chi connectivity index (χ2n) is 6.35. The molecule has 20 heavy (non-hydrogen) atoms. The van der Waals surface area contributed by atoms with E-state index in [9.17, 15) is 9.59 Å². The van der Waals surface area contributed by atoms with Crippen LogP contribution in [-0.2, 0) is 9.59 Å². The van der Waals surface area contributed by atoms with Crippen LogP contribution in [0.1, 0.15) is 44.9 Å². The molecule has 2 saturated carbocycles. The van der Waals surface area contributed by atoms with E-state index in [4.69, 9.17) is 0 Å². The van der Waals surface area contributed by atoms with E-state index in [1.54, 1.807) is 16.7 Å². The summed E-state index contributed by atoms with van der Waals surface area (Å²) in [6.07, 6.45) is 8.84. The van der Waals surface area contributed by atoms with E-state index < -0.39 is 0 Å². The fourth-order valence-electron chi connectivity index (χ4n) is 3.28. The van der Waals surface area contributed by atoms with Gasteiger partial charge in [-0.1, -0.05) is 19.3 Å². The third kappa shape index (κ3) is 3.48. The minimum atomic E-state index is 0.122. The highest BCUT2D eigenvalue weighted by Crippen LogP contribution is 2.31. The van der Waals surface area contributed by atoms with Crippen LogP contribution in [-0.4, -0.2) is 52.4 Å². The molecule has 0 N–H and O–H groups in total. The topological polar surface area (TPSA) is 40.6 Å². The van der Waals surface area contributed by atoms with Crippen LogP contribution in [0.15, 0.2) is 0 Å². The van der Waals surface area contributed by atoms with Gasteiger partial charge in [0.05, 0.1) is 11.6 Å². The van der Waals surface area contributed by atoms with Crippen molar-refractivity contribution in [2.75, 3.05) is 24.7 Å². The van der Waals surface area contributed by atoms with Crippen LogP contribution >= 0.6 is 11.8 Å². The van der Waals surface area contributed by atoms with Crippen LogP contribution < -0.4 is 0 Å². The van der Waals surface area contributed by atoms with Gasteiger partial charge < -0.3 is 9.80 Å². The maximum absolute atomic E-state index is 12.5. The van der Waals surface area contributed by atoms with Gasteiger partial charge >= 0.3 is 0 Å². The number of thioether (sulfide) groups is 1. The van der Waals surface area contributed by atoms with Gasteiger partial charge in [-0.15, -0.1) is 11.8 Å². The summed E-state index contributed by atoms with van der Waals surface area (Å²) in [5, 5.41) is 0. The molecule has 1 saturated heterocycles. The van der Waals surface area contributed by atoms with Gasteiger partial charge in [0.1, 0.15) is 6.54 Å². The molecule has 2 amide bonds. The standard InChI is InChI=1S/C15H24N2O2S/c18-14(9-16-11-20-10-15(16)19)17(13-6-7-13)8-12-4-2-1-3-5-12/h12-13H,1-11H2. The lowest BCUT2D eigenvalue weighted by Crippen LogP contribution is -2.44. The summed E-state index contributed by atoms with van der Waals surface area (Å²) in [6.45, 7) is 1.23. The lowest BCUT2D eigenvalue weighted by Gasteiger charge is -2.31. The largest absolute Gasteiger partial charge is 0.338 e. The molecule has 0 aromatic heterocycles. The average Bonchev–Trinajstić information content (AvgIpc) is 3.22. The zero-order valence-corrected chi connectivity index (χ0v) is 12.9. The Morgan fingerprint density at radius 3 is 2.55 bits per heavy atom. The van der Waals surface area contributed by atoms with Crippen LogP contribution in [0.5, 0.6) is 0 Å². The lowest BCUT2D eigenvalue weighted by molar-refractivity contribution is -0.138. The average molecular weight is 296 g/mol. The molecule has 0 bridgehead atoms. The molecular weight excluding hydrogens is 272 g/mol. The zero-order chi connectivity index (χ0) is 13.9. The lowest BCUT2D eigenvalue weighted by atomic mass is 9.89. The Balaban J connectivity index is 1.55. The van der Waals surface area contributed by atoms with Crippen molar-refractivity contribution >= 4 is 23.6 Å². The van der Waals surface area contributed by atoms with E-state index in [0.29, 0.717) is 30.1 Å². The Labute approximate surface area is 125 Å². The molecule has 0 spiro atoms. The fourth-order valence-corrected chi connectivity index (χ4v) is 4.19. The first-order valence-electron chi connectivity index (χ1n) is 7.89. The summed E-state index contributed by atoms with van der Waals surface area (Å²) in [6, 6.07) is 0.467. The van der Waals surface area contributed by atoms with Crippen molar-refractivity contribution in [1.82, 2.24) is 9.80 Å². The Morgan fingerprint density at radius 1 is 1.20 bits per heavy atom. The van der Waals surface area contributed by atoms with Crippen LogP contribution in [0.3, 0.4) is 0 Å². The molecule has 4 nitrogen and oxygen atoms in total. The van der Waals surface area contributed by atoms with Gasteiger partial charge in [0.25, 0.3) is 0 Å². The summed E-state index contributed by atoms with van der Waals surface area (Å²) >= 11 is 1.61.